The number of H-pyrrole nitrogens is 1. The average Bonchev–Trinajstić information content (AvgIpc) is 2.81. The van der Waals surface area contributed by atoms with Crippen LogP contribution in [0.1, 0.15) is 45.2 Å². The van der Waals surface area contributed by atoms with E-state index >= 15 is 0 Å². The molecule has 0 saturated carbocycles. The number of hydrazine groups is 1. The highest BCUT2D eigenvalue weighted by molar-refractivity contribution is 5.75. The van der Waals surface area contributed by atoms with Crippen molar-refractivity contribution in [3.63, 3.8) is 0 Å². The Kier molecular flexibility index (Phi) is 9.75. The fourth-order valence-electron chi connectivity index (χ4n) is 3.40. The fourth-order valence-corrected chi connectivity index (χ4v) is 3.40. The molecule has 2 rings (SSSR count). The molecule has 1 heterocycles. The number of nitrogens with one attached hydrogen (secondary N) is 3. The number of aldehydes is 1. The molecular formula is C23H30F4N4O3. The van der Waals surface area contributed by atoms with Crippen molar-refractivity contribution in [2.45, 2.75) is 51.4 Å². The van der Waals surface area contributed by atoms with E-state index in [-0.39, 0.29) is 29.9 Å². The van der Waals surface area contributed by atoms with E-state index in [1.807, 2.05) is 13.8 Å². The summed E-state index contributed by atoms with van der Waals surface area (Å²) in [6, 6.07) is 4.10. The quantitative estimate of drug-likeness (QED) is 0.122. The van der Waals surface area contributed by atoms with Gasteiger partial charge in [-0.3, -0.25) is 15.6 Å². The van der Waals surface area contributed by atoms with Gasteiger partial charge >= 0.3 is 11.8 Å². The van der Waals surface area contributed by atoms with Crippen molar-refractivity contribution >= 4 is 17.3 Å². The van der Waals surface area contributed by atoms with Crippen LogP contribution in [0.15, 0.2) is 34.6 Å². The van der Waals surface area contributed by atoms with Crippen LogP contribution < -0.4 is 21.1 Å². The first-order valence-corrected chi connectivity index (χ1v) is 11.0. The number of ether oxygens (including phenoxy) is 1. The first-order chi connectivity index (χ1) is 16.1. The minimum absolute atomic E-state index is 0.0551. The summed E-state index contributed by atoms with van der Waals surface area (Å²) < 4.78 is 64.0. The SMILES string of the molecule is CCC(C)/C(=C/CCC(F)(F)C(F)(F)c1nc2ccc(OC)cc2[nH]c1=O)CCNNCC=O. The number of fused-ring (bicyclic) bond motifs is 1. The number of aromatic nitrogens is 2. The van der Waals surface area contributed by atoms with Crippen LogP contribution in [-0.2, 0) is 10.7 Å². The maximum atomic E-state index is 14.8. The summed E-state index contributed by atoms with van der Waals surface area (Å²) in [5.41, 5.74) is 3.50. The van der Waals surface area contributed by atoms with E-state index in [4.69, 9.17) is 4.74 Å². The van der Waals surface area contributed by atoms with Gasteiger partial charge < -0.3 is 14.5 Å². The molecule has 11 heteroatoms. The van der Waals surface area contributed by atoms with Crippen molar-refractivity contribution in [2.24, 2.45) is 5.92 Å². The van der Waals surface area contributed by atoms with Gasteiger partial charge in [-0.25, -0.2) is 4.98 Å². The smallest absolute Gasteiger partial charge is 0.357 e. The number of halogens is 4. The molecule has 0 radical (unpaired) electrons. The van der Waals surface area contributed by atoms with Crippen molar-refractivity contribution in [2.75, 3.05) is 20.2 Å². The molecule has 0 bridgehead atoms. The molecular weight excluding hydrogens is 456 g/mol. The predicted octanol–water partition coefficient (Wildman–Crippen LogP) is 4.09. The summed E-state index contributed by atoms with van der Waals surface area (Å²) in [7, 11) is 1.39. The summed E-state index contributed by atoms with van der Waals surface area (Å²) in [6.07, 6.45) is 2.03. The molecule has 1 aromatic heterocycles. The number of alkyl halides is 4. The van der Waals surface area contributed by atoms with Crippen molar-refractivity contribution < 1.29 is 27.1 Å². The van der Waals surface area contributed by atoms with Crippen LogP contribution >= 0.6 is 0 Å². The Balaban J connectivity index is 2.19. The lowest BCUT2D eigenvalue weighted by Crippen LogP contribution is -2.42. The zero-order chi connectivity index (χ0) is 25.4. The zero-order valence-corrected chi connectivity index (χ0v) is 19.4. The molecule has 0 aliphatic carbocycles. The highest BCUT2D eigenvalue weighted by Gasteiger charge is 2.59. The number of hydrogen-bond acceptors (Lipinski definition) is 6. The van der Waals surface area contributed by atoms with E-state index in [1.54, 1.807) is 6.08 Å². The lowest BCUT2D eigenvalue weighted by molar-refractivity contribution is -0.221. The van der Waals surface area contributed by atoms with Crippen LogP contribution in [0.25, 0.3) is 11.0 Å². The maximum absolute atomic E-state index is 14.8. The molecule has 2 aromatic rings. The van der Waals surface area contributed by atoms with E-state index in [0.717, 1.165) is 12.0 Å². The molecule has 7 nitrogen and oxygen atoms in total. The number of carbonyl (C=O) groups is 1. The first kappa shape index (κ1) is 27.5. The van der Waals surface area contributed by atoms with Crippen LogP contribution in [0.4, 0.5) is 17.6 Å². The molecule has 34 heavy (non-hydrogen) atoms. The van der Waals surface area contributed by atoms with Gasteiger partial charge in [0.2, 0.25) is 0 Å². The van der Waals surface area contributed by atoms with Gasteiger partial charge in [-0.2, -0.15) is 17.6 Å². The van der Waals surface area contributed by atoms with Crippen LogP contribution in [0.5, 0.6) is 5.75 Å². The van der Waals surface area contributed by atoms with Crippen LogP contribution in [0.3, 0.4) is 0 Å². The summed E-state index contributed by atoms with van der Waals surface area (Å²) >= 11 is 0. The molecule has 1 aromatic carbocycles. The van der Waals surface area contributed by atoms with Crippen molar-refractivity contribution in [1.82, 2.24) is 20.8 Å². The average molecular weight is 487 g/mol. The van der Waals surface area contributed by atoms with E-state index < -0.39 is 29.5 Å². The number of benzene rings is 1. The van der Waals surface area contributed by atoms with Gasteiger partial charge in [0.25, 0.3) is 5.56 Å². The first-order valence-electron chi connectivity index (χ1n) is 11.0. The molecule has 3 N–H and O–H groups in total. The zero-order valence-electron chi connectivity index (χ0n) is 19.4. The number of methoxy groups -OCH3 is 1. The number of hydrogen-bond donors (Lipinski definition) is 3. The Morgan fingerprint density at radius 1 is 1.26 bits per heavy atom. The topological polar surface area (TPSA) is 96.1 Å². The molecule has 0 aliphatic rings. The third-order valence-electron chi connectivity index (χ3n) is 5.62. The van der Waals surface area contributed by atoms with Gasteiger partial charge in [-0.05, 0) is 37.3 Å². The number of nitrogens with zero attached hydrogens (tertiary/aromatic N) is 1. The number of allylic oxidation sites excluding steroid dienone is 1. The summed E-state index contributed by atoms with van der Waals surface area (Å²) in [5, 5.41) is 0. The lowest BCUT2D eigenvalue weighted by atomic mass is 9.93. The predicted molar refractivity (Wildman–Crippen MR) is 121 cm³/mol. The molecule has 0 fully saturated rings. The second-order valence-corrected chi connectivity index (χ2v) is 7.93. The number of carbonyl (C=O) groups excluding carboxylic acids is 1. The molecule has 188 valence electrons. The van der Waals surface area contributed by atoms with E-state index in [9.17, 15) is 27.2 Å². The summed E-state index contributed by atoms with van der Waals surface area (Å²) in [5.74, 6) is -8.83. The third kappa shape index (κ3) is 6.63. The largest absolute Gasteiger partial charge is 0.497 e. The van der Waals surface area contributed by atoms with Gasteiger partial charge in [-0.1, -0.05) is 25.5 Å². The van der Waals surface area contributed by atoms with Crippen molar-refractivity contribution in [1.29, 1.82) is 0 Å². The molecule has 0 saturated heterocycles. The maximum Gasteiger partial charge on any atom is 0.357 e. The standard InChI is InChI=1S/C23H30F4N4O3/c1-4-15(2)16(9-11-28-29-12-13-32)6-5-10-22(24,25)23(26,27)20-21(33)31-19-14-17(34-3)7-8-18(19)30-20/h6-8,13-15,28-29H,4-5,9-12H2,1-3H3,(H,31,33)/b16-6+. The van der Waals surface area contributed by atoms with Gasteiger partial charge in [0.1, 0.15) is 12.0 Å². The van der Waals surface area contributed by atoms with Gasteiger partial charge in [-0.15, -0.1) is 0 Å². The van der Waals surface area contributed by atoms with Gasteiger partial charge in [0, 0.05) is 19.0 Å². The minimum Gasteiger partial charge on any atom is -0.497 e. The Labute approximate surface area is 195 Å². The van der Waals surface area contributed by atoms with Gasteiger partial charge in [0.05, 0.1) is 24.7 Å². The Morgan fingerprint density at radius 3 is 2.65 bits per heavy atom. The summed E-state index contributed by atoms with van der Waals surface area (Å²) in [4.78, 5) is 28.3. The summed E-state index contributed by atoms with van der Waals surface area (Å²) in [6.45, 7) is 4.43. The molecule has 1 atom stereocenters. The third-order valence-corrected chi connectivity index (χ3v) is 5.62. The molecule has 1 unspecified atom stereocenters. The Morgan fingerprint density at radius 2 is 2.00 bits per heavy atom. The Hall–Kier alpha value is -2.79. The molecule has 0 amide bonds. The monoisotopic (exact) mass is 486 g/mol. The highest BCUT2D eigenvalue weighted by atomic mass is 19.3. The number of rotatable bonds is 14. The number of aromatic amines is 1. The van der Waals surface area contributed by atoms with Crippen LogP contribution in [-0.4, -0.2) is 42.4 Å². The second-order valence-electron chi connectivity index (χ2n) is 7.93. The second kappa shape index (κ2) is 12.1. The normalized spacial score (nSPS) is 13.8. The van der Waals surface area contributed by atoms with E-state index in [1.165, 1.54) is 25.3 Å². The highest BCUT2D eigenvalue weighted by Crippen LogP contribution is 2.44. The molecule has 0 aliphatic heterocycles. The lowest BCUT2D eigenvalue weighted by Gasteiger charge is -2.25. The van der Waals surface area contributed by atoms with Crippen molar-refractivity contribution in [3.05, 3.63) is 45.9 Å². The van der Waals surface area contributed by atoms with E-state index in [2.05, 4.69) is 20.8 Å². The van der Waals surface area contributed by atoms with Crippen LogP contribution in [0.2, 0.25) is 0 Å². The van der Waals surface area contributed by atoms with Gasteiger partial charge in [0.15, 0.2) is 5.69 Å². The molecule has 0 spiro atoms. The van der Waals surface area contributed by atoms with Crippen LogP contribution in [0, 0.1) is 5.92 Å². The Bertz CT molecular complexity index is 1060. The minimum atomic E-state index is -4.76. The van der Waals surface area contributed by atoms with E-state index in [0.29, 0.717) is 25.0 Å². The fraction of sp³-hybridized carbons (Fsp3) is 0.522. The van der Waals surface area contributed by atoms with Crippen molar-refractivity contribution in [3.8, 4) is 5.75 Å².